The third-order valence-corrected chi connectivity index (χ3v) is 8.16. The zero-order valence-corrected chi connectivity index (χ0v) is 26.3. The van der Waals surface area contributed by atoms with Gasteiger partial charge in [-0.2, -0.15) is 0 Å². The zero-order chi connectivity index (χ0) is 29.7. The molecule has 5 nitrogen and oxygen atoms in total. The Labute approximate surface area is 243 Å². The standard InChI is InChI=1S/C35H52N2O3/c1-10-11-12-32(38)30-23-37(21-26(4)5)28(19-35(30,8)9)24-40-29-15-13-27(14-16-29)33(39)31-22-36(20-25(2)3)18-17-34(31,6)7/h10,13-16,22-23,25-26,28H,1,11-12,17-21,24H2,2-9H3. The lowest BCUT2D eigenvalue weighted by atomic mass is 9.74. The van der Waals surface area contributed by atoms with E-state index < -0.39 is 0 Å². The Morgan fingerprint density at radius 2 is 1.62 bits per heavy atom. The lowest BCUT2D eigenvalue weighted by Crippen LogP contribution is -2.46. The van der Waals surface area contributed by atoms with E-state index in [0.717, 1.165) is 49.4 Å². The van der Waals surface area contributed by atoms with Gasteiger partial charge in [0.15, 0.2) is 11.6 Å². The van der Waals surface area contributed by atoms with Crippen LogP contribution in [0.2, 0.25) is 0 Å². The van der Waals surface area contributed by atoms with Crippen LogP contribution in [0.5, 0.6) is 5.75 Å². The number of ketones is 2. The molecule has 2 aliphatic rings. The van der Waals surface area contributed by atoms with Crippen LogP contribution in [0.25, 0.3) is 0 Å². The number of carbonyl (C=O) groups excluding carboxylic acids is 2. The summed E-state index contributed by atoms with van der Waals surface area (Å²) >= 11 is 0. The first kappa shape index (κ1) is 31.7. The molecule has 0 amide bonds. The van der Waals surface area contributed by atoms with Gasteiger partial charge >= 0.3 is 0 Å². The van der Waals surface area contributed by atoms with Gasteiger partial charge in [0, 0.05) is 55.2 Å². The topological polar surface area (TPSA) is 49.9 Å². The van der Waals surface area contributed by atoms with E-state index in [4.69, 9.17) is 4.74 Å². The molecule has 40 heavy (non-hydrogen) atoms. The maximum atomic E-state index is 13.6. The van der Waals surface area contributed by atoms with E-state index in [0.29, 0.717) is 36.8 Å². The molecule has 3 rings (SSSR count). The molecule has 0 radical (unpaired) electrons. The zero-order valence-electron chi connectivity index (χ0n) is 26.3. The Balaban J connectivity index is 1.72. The summed E-state index contributed by atoms with van der Waals surface area (Å²) in [6.07, 6.45) is 9.01. The molecule has 1 aromatic rings. The Bertz CT molecular complexity index is 1110. The number of hydrogen-bond donors (Lipinski definition) is 0. The van der Waals surface area contributed by atoms with E-state index >= 15 is 0 Å². The second-order valence-corrected chi connectivity index (χ2v) is 13.9. The molecule has 220 valence electrons. The molecular formula is C35H52N2O3. The van der Waals surface area contributed by atoms with Gasteiger partial charge in [-0.25, -0.2) is 0 Å². The van der Waals surface area contributed by atoms with Gasteiger partial charge in [0.05, 0.1) is 6.04 Å². The van der Waals surface area contributed by atoms with Gasteiger partial charge in [0.25, 0.3) is 0 Å². The first-order valence-corrected chi connectivity index (χ1v) is 15.1. The number of allylic oxidation sites excluding steroid dienone is 3. The van der Waals surface area contributed by atoms with Gasteiger partial charge in [-0.3, -0.25) is 9.59 Å². The fourth-order valence-corrected chi connectivity index (χ4v) is 5.87. The van der Waals surface area contributed by atoms with Crippen molar-refractivity contribution < 1.29 is 14.3 Å². The third-order valence-electron chi connectivity index (χ3n) is 8.16. The average Bonchev–Trinajstić information content (AvgIpc) is 2.87. The number of rotatable bonds is 13. The van der Waals surface area contributed by atoms with E-state index in [9.17, 15) is 9.59 Å². The minimum Gasteiger partial charge on any atom is -0.491 e. The van der Waals surface area contributed by atoms with Crippen molar-refractivity contribution in [3.63, 3.8) is 0 Å². The van der Waals surface area contributed by atoms with Crippen LogP contribution >= 0.6 is 0 Å². The van der Waals surface area contributed by atoms with Crippen LogP contribution in [0.1, 0.15) is 91.4 Å². The normalized spacial score (nSPS) is 20.3. The molecule has 2 heterocycles. The number of carbonyl (C=O) groups is 2. The summed E-state index contributed by atoms with van der Waals surface area (Å²) in [5, 5.41) is 0. The molecule has 0 spiro atoms. The largest absolute Gasteiger partial charge is 0.491 e. The minimum absolute atomic E-state index is 0.0981. The number of nitrogens with zero attached hydrogens (tertiary/aromatic N) is 2. The molecule has 1 unspecified atom stereocenters. The number of Topliss-reactive ketones (excluding diaryl/α,β-unsaturated/α-hetero) is 2. The first-order valence-electron chi connectivity index (χ1n) is 15.1. The molecule has 5 heteroatoms. The van der Waals surface area contributed by atoms with Crippen molar-refractivity contribution in [2.24, 2.45) is 22.7 Å². The number of hydrogen-bond acceptors (Lipinski definition) is 5. The highest BCUT2D eigenvalue weighted by molar-refractivity contribution is 6.09. The van der Waals surface area contributed by atoms with Crippen molar-refractivity contribution in [2.75, 3.05) is 26.2 Å². The molecule has 1 aromatic carbocycles. The Kier molecular flexibility index (Phi) is 10.5. The van der Waals surface area contributed by atoms with Crippen LogP contribution in [-0.4, -0.2) is 53.6 Å². The molecule has 0 saturated carbocycles. The summed E-state index contributed by atoms with van der Waals surface area (Å²) in [5.41, 5.74) is 2.12. The highest BCUT2D eigenvalue weighted by atomic mass is 16.5. The Hall–Kier alpha value is -2.82. The van der Waals surface area contributed by atoms with E-state index in [1.54, 1.807) is 0 Å². The van der Waals surface area contributed by atoms with Crippen molar-refractivity contribution in [1.82, 2.24) is 9.80 Å². The highest BCUT2D eigenvalue weighted by Crippen LogP contribution is 2.40. The summed E-state index contributed by atoms with van der Waals surface area (Å²) in [4.78, 5) is 31.1. The smallest absolute Gasteiger partial charge is 0.191 e. The van der Waals surface area contributed by atoms with Gasteiger partial charge in [0.1, 0.15) is 12.4 Å². The molecule has 0 fully saturated rings. The van der Waals surface area contributed by atoms with Gasteiger partial charge in [-0.1, -0.05) is 61.5 Å². The van der Waals surface area contributed by atoms with Crippen LogP contribution in [-0.2, 0) is 4.79 Å². The number of benzene rings is 1. The molecule has 1 atom stereocenters. The summed E-state index contributed by atoms with van der Waals surface area (Å²) in [7, 11) is 0. The van der Waals surface area contributed by atoms with E-state index in [1.807, 2.05) is 30.3 Å². The Morgan fingerprint density at radius 3 is 2.23 bits per heavy atom. The van der Waals surface area contributed by atoms with Crippen LogP contribution in [0.15, 0.2) is 60.5 Å². The van der Waals surface area contributed by atoms with Gasteiger partial charge < -0.3 is 14.5 Å². The fraction of sp³-hybridized carbons (Fsp3) is 0.600. The fourth-order valence-electron chi connectivity index (χ4n) is 5.87. The lowest BCUT2D eigenvalue weighted by molar-refractivity contribution is -0.117. The van der Waals surface area contributed by atoms with Crippen molar-refractivity contribution in [2.45, 2.75) is 87.1 Å². The lowest BCUT2D eigenvalue weighted by Gasteiger charge is -2.43. The summed E-state index contributed by atoms with van der Waals surface area (Å²) in [6, 6.07) is 7.77. The minimum atomic E-state index is -0.222. The molecular weight excluding hydrogens is 496 g/mol. The molecule has 2 aliphatic heterocycles. The predicted octanol–water partition coefficient (Wildman–Crippen LogP) is 7.70. The second kappa shape index (κ2) is 13.2. The molecule has 0 N–H and O–H groups in total. The van der Waals surface area contributed by atoms with E-state index in [-0.39, 0.29) is 28.4 Å². The van der Waals surface area contributed by atoms with Crippen molar-refractivity contribution in [3.05, 3.63) is 66.0 Å². The molecule has 0 bridgehead atoms. The van der Waals surface area contributed by atoms with Crippen molar-refractivity contribution >= 4 is 11.6 Å². The monoisotopic (exact) mass is 548 g/mol. The molecule has 0 aromatic heterocycles. The van der Waals surface area contributed by atoms with Crippen molar-refractivity contribution in [1.29, 1.82) is 0 Å². The summed E-state index contributed by atoms with van der Waals surface area (Å²) in [6.45, 7) is 24.6. The number of ether oxygens (including phenoxy) is 1. The average molecular weight is 549 g/mol. The summed E-state index contributed by atoms with van der Waals surface area (Å²) < 4.78 is 6.29. The SMILES string of the molecule is C=CCCC(=O)C1=CN(CC(C)C)C(COc2ccc(C(=O)C3=CN(CC(C)C)CCC3(C)C)cc2)CC1(C)C. The predicted molar refractivity (Wildman–Crippen MR) is 165 cm³/mol. The van der Waals surface area contributed by atoms with E-state index in [2.05, 4.69) is 84.2 Å². The van der Waals surface area contributed by atoms with Crippen LogP contribution in [0, 0.1) is 22.7 Å². The maximum absolute atomic E-state index is 13.6. The van der Waals surface area contributed by atoms with Gasteiger partial charge in [-0.15, -0.1) is 6.58 Å². The Morgan fingerprint density at radius 1 is 0.975 bits per heavy atom. The van der Waals surface area contributed by atoms with E-state index in [1.165, 1.54) is 0 Å². The van der Waals surface area contributed by atoms with Gasteiger partial charge in [-0.05, 0) is 66.2 Å². The van der Waals surface area contributed by atoms with Crippen LogP contribution in [0.4, 0.5) is 0 Å². The second-order valence-electron chi connectivity index (χ2n) is 13.9. The third kappa shape index (κ3) is 8.11. The van der Waals surface area contributed by atoms with Crippen LogP contribution in [0.3, 0.4) is 0 Å². The summed E-state index contributed by atoms with van der Waals surface area (Å²) in [5.74, 6) is 2.08. The van der Waals surface area contributed by atoms with Gasteiger partial charge in [0.2, 0.25) is 0 Å². The quantitative estimate of drug-likeness (QED) is 0.187. The molecule has 0 saturated heterocycles. The maximum Gasteiger partial charge on any atom is 0.191 e. The van der Waals surface area contributed by atoms with Crippen LogP contribution < -0.4 is 4.74 Å². The first-order chi connectivity index (χ1) is 18.7. The highest BCUT2D eigenvalue weighted by Gasteiger charge is 2.38. The molecule has 0 aliphatic carbocycles. The van der Waals surface area contributed by atoms with Crippen molar-refractivity contribution in [3.8, 4) is 5.75 Å².